The summed E-state index contributed by atoms with van der Waals surface area (Å²) in [7, 11) is 0. The molecule has 1 aliphatic rings. The molecule has 1 aliphatic heterocycles. The number of amides is 1. The Morgan fingerprint density at radius 1 is 1.06 bits per heavy atom. The number of carbonyl (C=O) groups is 1. The van der Waals surface area contributed by atoms with Gasteiger partial charge in [0.05, 0.1) is 15.6 Å². The van der Waals surface area contributed by atoms with E-state index in [1.54, 1.807) is 29.2 Å². The molecule has 3 aromatic rings. The zero-order chi connectivity index (χ0) is 22.8. The summed E-state index contributed by atoms with van der Waals surface area (Å²) in [5, 5.41) is 0.953. The van der Waals surface area contributed by atoms with Crippen molar-refractivity contribution < 1.29 is 13.9 Å². The van der Waals surface area contributed by atoms with Gasteiger partial charge >= 0.3 is 0 Å². The molecule has 2 aromatic carbocycles. The Kier molecular flexibility index (Phi) is 6.69. The van der Waals surface area contributed by atoms with E-state index >= 15 is 0 Å². The number of halogens is 4. The van der Waals surface area contributed by atoms with Gasteiger partial charge in [-0.1, -0.05) is 34.8 Å². The third-order valence-corrected chi connectivity index (χ3v) is 5.95. The van der Waals surface area contributed by atoms with Crippen LogP contribution in [0.4, 0.5) is 10.2 Å². The van der Waals surface area contributed by atoms with E-state index in [2.05, 4.69) is 9.97 Å². The number of hydrogen-bond acceptors (Lipinski definition) is 5. The predicted octanol–water partition coefficient (Wildman–Crippen LogP) is 5.72. The highest BCUT2D eigenvalue weighted by Crippen LogP contribution is 2.30. The van der Waals surface area contributed by atoms with Crippen molar-refractivity contribution >= 4 is 46.5 Å². The first-order valence-electron chi connectivity index (χ1n) is 9.78. The Morgan fingerprint density at radius 2 is 1.88 bits per heavy atom. The van der Waals surface area contributed by atoms with Gasteiger partial charge in [0.15, 0.2) is 0 Å². The van der Waals surface area contributed by atoms with Gasteiger partial charge in [0.1, 0.15) is 23.7 Å². The zero-order valence-corrected chi connectivity index (χ0v) is 19.2. The summed E-state index contributed by atoms with van der Waals surface area (Å²) in [6.07, 6.45) is 1.39. The second kappa shape index (κ2) is 9.48. The summed E-state index contributed by atoms with van der Waals surface area (Å²) in [4.78, 5) is 25.3. The largest absolute Gasteiger partial charge is 0.437 e. The maximum absolute atomic E-state index is 13.3. The zero-order valence-electron chi connectivity index (χ0n) is 16.9. The average molecular weight is 496 g/mol. The summed E-state index contributed by atoms with van der Waals surface area (Å²) >= 11 is 18.2. The lowest BCUT2D eigenvalue weighted by atomic mass is 10.1. The molecule has 0 radical (unpaired) electrons. The van der Waals surface area contributed by atoms with Crippen LogP contribution in [0.15, 0.2) is 48.8 Å². The third kappa shape index (κ3) is 4.90. The minimum absolute atomic E-state index is 0.0890. The molecule has 0 N–H and O–H groups in total. The molecule has 0 spiro atoms. The van der Waals surface area contributed by atoms with Crippen molar-refractivity contribution in [1.29, 1.82) is 0 Å². The molecule has 0 saturated carbocycles. The fourth-order valence-corrected chi connectivity index (χ4v) is 4.21. The number of carbonyl (C=O) groups excluding carboxylic acids is 1. The van der Waals surface area contributed by atoms with E-state index in [9.17, 15) is 9.18 Å². The molecule has 4 rings (SSSR count). The van der Waals surface area contributed by atoms with Gasteiger partial charge < -0.3 is 14.5 Å². The number of rotatable bonds is 4. The van der Waals surface area contributed by atoms with Crippen LogP contribution in [-0.2, 0) is 0 Å². The predicted molar refractivity (Wildman–Crippen MR) is 123 cm³/mol. The van der Waals surface area contributed by atoms with Crippen LogP contribution in [0.2, 0.25) is 15.1 Å². The number of nitrogens with zero attached hydrogens (tertiary/aromatic N) is 4. The molecule has 6 nitrogen and oxygen atoms in total. The van der Waals surface area contributed by atoms with E-state index in [1.807, 2.05) is 11.8 Å². The van der Waals surface area contributed by atoms with Gasteiger partial charge in [-0.15, -0.1) is 0 Å². The highest BCUT2D eigenvalue weighted by Gasteiger charge is 2.30. The van der Waals surface area contributed by atoms with Crippen LogP contribution in [0.5, 0.6) is 11.6 Å². The van der Waals surface area contributed by atoms with E-state index < -0.39 is 5.82 Å². The Balaban J connectivity index is 1.46. The average Bonchev–Trinajstić information content (AvgIpc) is 2.75. The molecule has 2 heterocycles. The van der Waals surface area contributed by atoms with Crippen molar-refractivity contribution in [2.24, 2.45) is 0 Å². The van der Waals surface area contributed by atoms with Gasteiger partial charge in [-0.2, -0.15) is 0 Å². The quantitative estimate of drug-likeness (QED) is 0.463. The normalized spacial score (nSPS) is 16.2. The molecule has 1 fully saturated rings. The second-order valence-corrected chi connectivity index (χ2v) is 8.56. The number of ether oxygens (including phenoxy) is 1. The summed E-state index contributed by atoms with van der Waals surface area (Å²) in [6.45, 7) is 3.58. The molecule has 10 heteroatoms. The van der Waals surface area contributed by atoms with Crippen molar-refractivity contribution in [3.05, 3.63) is 75.2 Å². The van der Waals surface area contributed by atoms with Crippen molar-refractivity contribution in [2.45, 2.75) is 13.0 Å². The van der Waals surface area contributed by atoms with Gasteiger partial charge in [-0.3, -0.25) is 4.79 Å². The summed E-state index contributed by atoms with van der Waals surface area (Å²) in [6, 6.07) is 10.3. The van der Waals surface area contributed by atoms with Crippen molar-refractivity contribution in [3.8, 4) is 11.6 Å². The van der Waals surface area contributed by atoms with E-state index in [4.69, 9.17) is 39.5 Å². The van der Waals surface area contributed by atoms with Gasteiger partial charge in [0.2, 0.25) is 5.88 Å². The lowest BCUT2D eigenvalue weighted by Gasteiger charge is -2.40. The van der Waals surface area contributed by atoms with Crippen molar-refractivity contribution in [3.63, 3.8) is 0 Å². The van der Waals surface area contributed by atoms with E-state index in [0.29, 0.717) is 46.8 Å². The smallest absolute Gasteiger partial charge is 0.255 e. The van der Waals surface area contributed by atoms with Crippen LogP contribution in [0, 0.1) is 5.82 Å². The number of hydrogen-bond donors (Lipinski definition) is 0. The van der Waals surface area contributed by atoms with Crippen LogP contribution in [-0.4, -0.2) is 46.5 Å². The fourth-order valence-electron chi connectivity index (χ4n) is 3.51. The van der Waals surface area contributed by atoms with Crippen LogP contribution in [0.25, 0.3) is 0 Å². The minimum Gasteiger partial charge on any atom is -0.437 e. The first-order valence-corrected chi connectivity index (χ1v) is 10.9. The van der Waals surface area contributed by atoms with E-state index in [0.717, 1.165) is 0 Å². The Morgan fingerprint density at radius 3 is 2.59 bits per heavy atom. The van der Waals surface area contributed by atoms with Crippen LogP contribution < -0.4 is 9.64 Å². The first kappa shape index (κ1) is 22.6. The fraction of sp³-hybridized carbons (Fsp3) is 0.227. The molecule has 1 aromatic heterocycles. The van der Waals surface area contributed by atoms with Crippen LogP contribution in [0.1, 0.15) is 17.3 Å². The number of benzene rings is 2. The van der Waals surface area contributed by atoms with Gasteiger partial charge in [-0.25, -0.2) is 14.4 Å². The monoisotopic (exact) mass is 494 g/mol. The number of anilines is 1. The Bertz CT molecular complexity index is 1160. The molecule has 166 valence electrons. The Hall–Kier alpha value is -2.61. The number of piperazine rings is 1. The van der Waals surface area contributed by atoms with Crippen molar-refractivity contribution in [2.75, 3.05) is 24.5 Å². The molecule has 1 amide bonds. The summed E-state index contributed by atoms with van der Waals surface area (Å²) < 4.78 is 18.9. The number of aromatic nitrogens is 2. The lowest BCUT2D eigenvalue weighted by Crippen LogP contribution is -2.54. The lowest BCUT2D eigenvalue weighted by molar-refractivity contribution is 0.0674. The SMILES string of the molecule is CC1CN(c2cc(Oc3ccc(F)cc3Cl)ncn2)CCN1C(=O)c1ccc(Cl)cc1Cl. The molecule has 0 aliphatic carbocycles. The van der Waals surface area contributed by atoms with Crippen LogP contribution >= 0.6 is 34.8 Å². The standard InChI is InChI=1S/C22H18Cl3FN4O2/c1-13-11-29(6-7-30(13)22(31)16-4-2-14(23)8-17(16)24)20-10-21(28-12-27-20)32-19-5-3-15(26)9-18(19)25/h2-5,8-10,12-13H,6-7,11H2,1H3. The maximum Gasteiger partial charge on any atom is 0.255 e. The maximum atomic E-state index is 13.3. The molecular formula is C22H18Cl3FN4O2. The molecule has 32 heavy (non-hydrogen) atoms. The van der Waals surface area contributed by atoms with Crippen molar-refractivity contribution in [1.82, 2.24) is 14.9 Å². The molecule has 0 bridgehead atoms. The van der Waals surface area contributed by atoms with Gasteiger partial charge in [0.25, 0.3) is 5.91 Å². The molecule has 1 saturated heterocycles. The highest BCUT2D eigenvalue weighted by atomic mass is 35.5. The topological polar surface area (TPSA) is 58.6 Å². The third-order valence-electron chi connectivity index (χ3n) is 5.11. The van der Waals surface area contributed by atoms with Crippen LogP contribution in [0.3, 0.4) is 0 Å². The second-order valence-electron chi connectivity index (χ2n) is 7.31. The van der Waals surface area contributed by atoms with Gasteiger partial charge in [0, 0.05) is 36.8 Å². The first-order chi connectivity index (χ1) is 15.3. The molecular weight excluding hydrogens is 478 g/mol. The van der Waals surface area contributed by atoms with Gasteiger partial charge in [-0.05, 0) is 43.3 Å². The van der Waals surface area contributed by atoms with E-state index in [-0.39, 0.29) is 22.9 Å². The minimum atomic E-state index is -0.452. The molecule has 1 atom stereocenters. The molecule has 1 unspecified atom stereocenters. The summed E-state index contributed by atoms with van der Waals surface area (Å²) in [5.41, 5.74) is 0.422. The van der Waals surface area contributed by atoms with E-state index in [1.165, 1.54) is 24.5 Å². The summed E-state index contributed by atoms with van der Waals surface area (Å²) in [5.74, 6) is 0.629. The highest BCUT2D eigenvalue weighted by molar-refractivity contribution is 6.36. The Labute approximate surface area is 199 Å².